The van der Waals surface area contributed by atoms with Crippen molar-refractivity contribution in [2.24, 2.45) is 11.8 Å². The fraction of sp³-hybridized carbons (Fsp3) is 0.0667. The van der Waals surface area contributed by atoms with Crippen LogP contribution in [-0.4, -0.2) is 0 Å². The first-order chi connectivity index (χ1) is 22.8. The van der Waals surface area contributed by atoms with E-state index in [-0.39, 0.29) is 5.41 Å². The van der Waals surface area contributed by atoms with E-state index in [1.54, 1.807) is 0 Å². The molecule has 0 saturated carbocycles. The van der Waals surface area contributed by atoms with Crippen molar-refractivity contribution in [2.75, 3.05) is 0 Å². The van der Waals surface area contributed by atoms with Gasteiger partial charge in [0, 0.05) is 22.8 Å². The number of para-hydroxylation sites is 1. The van der Waals surface area contributed by atoms with Crippen LogP contribution in [0.5, 0.6) is 11.5 Å². The van der Waals surface area contributed by atoms with Crippen molar-refractivity contribution in [2.45, 2.75) is 5.41 Å². The van der Waals surface area contributed by atoms with Crippen LogP contribution in [0, 0.1) is 11.8 Å². The molecule has 1 aliphatic heterocycles. The number of benzene rings is 6. The number of fused-ring (bicyclic) bond motifs is 13. The highest BCUT2D eigenvalue weighted by Gasteiger charge is 2.54. The predicted octanol–water partition coefficient (Wildman–Crippen LogP) is 11.3. The molecule has 2 atom stereocenters. The normalized spacial score (nSPS) is 19.7. The maximum atomic E-state index is 6.46. The van der Waals surface area contributed by atoms with Gasteiger partial charge in [0.05, 0.1) is 5.41 Å². The topological polar surface area (TPSA) is 9.23 Å². The van der Waals surface area contributed by atoms with Gasteiger partial charge in [-0.2, -0.15) is 0 Å². The second-order valence-electron chi connectivity index (χ2n) is 13.1. The van der Waals surface area contributed by atoms with Crippen molar-refractivity contribution >= 4 is 16.3 Å². The molecular weight excluding hydrogens is 556 g/mol. The Balaban J connectivity index is 1.21. The summed E-state index contributed by atoms with van der Waals surface area (Å²) in [6.45, 7) is 0. The number of ether oxygens (including phenoxy) is 1. The van der Waals surface area contributed by atoms with Crippen molar-refractivity contribution in [1.29, 1.82) is 0 Å². The van der Waals surface area contributed by atoms with Crippen LogP contribution in [0.1, 0.15) is 22.3 Å². The van der Waals surface area contributed by atoms with E-state index in [1.807, 2.05) is 6.07 Å². The average molecular weight is 585 g/mol. The van der Waals surface area contributed by atoms with Crippen molar-refractivity contribution in [3.63, 3.8) is 0 Å². The van der Waals surface area contributed by atoms with Gasteiger partial charge in [-0.05, 0) is 84.8 Å². The molecule has 0 saturated heterocycles. The van der Waals surface area contributed by atoms with Crippen LogP contribution < -0.4 is 4.74 Å². The maximum Gasteiger partial charge on any atom is 0.135 e. The molecule has 11 rings (SSSR count). The molecule has 6 aromatic rings. The third-order valence-corrected chi connectivity index (χ3v) is 11.1. The van der Waals surface area contributed by atoms with Crippen LogP contribution in [-0.2, 0) is 5.41 Å². The first-order valence-electron chi connectivity index (χ1n) is 16.3. The van der Waals surface area contributed by atoms with Gasteiger partial charge in [0.2, 0.25) is 0 Å². The quantitative estimate of drug-likeness (QED) is 0.186. The second-order valence-corrected chi connectivity index (χ2v) is 13.1. The van der Waals surface area contributed by atoms with Gasteiger partial charge >= 0.3 is 0 Å². The Kier molecular flexibility index (Phi) is 4.68. The molecule has 0 N–H and O–H groups in total. The largest absolute Gasteiger partial charge is 0.456 e. The molecule has 0 aromatic heterocycles. The zero-order valence-corrected chi connectivity index (χ0v) is 25.1. The third kappa shape index (κ3) is 2.92. The van der Waals surface area contributed by atoms with E-state index < -0.39 is 0 Å². The summed E-state index contributed by atoms with van der Waals surface area (Å²) in [7, 11) is 0. The average Bonchev–Trinajstić information content (AvgIpc) is 3.59. The molecule has 0 bridgehead atoms. The molecule has 214 valence electrons. The summed E-state index contributed by atoms with van der Waals surface area (Å²) in [5.74, 6) is 2.55. The number of hydrogen-bond acceptors (Lipinski definition) is 1. The molecule has 0 radical (unpaired) electrons. The van der Waals surface area contributed by atoms with Crippen molar-refractivity contribution in [3.8, 4) is 44.9 Å². The van der Waals surface area contributed by atoms with E-state index in [4.69, 9.17) is 4.74 Å². The molecule has 46 heavy (non-hydrogen) atoms. The Labute approximate surface area is 268 Å². The summed E-state index contributed by atoms with van der Waals surface area (Å²) >= 11 is 0. The lowest BCUT2D eigenvalue weighted by Gasteiger charge is -2.34. The Bertz CT molecular complexity index is 2420. The third-order valence-electron chi connectivity index (χ3n) is 11.1. The molecule has 1 nitrogen and oxygen atoms in total. The minimum absolute atomic E-state index is 0.326. The standard InChI is InChI=1S/C45H28O/c1-2-11-30-27(10-1)21-24-39-43(30)36-22-20-28(26-40(36)45(39)37-17-6-3-12-31(37)32-13-4-7-18-38(32)45)29-23-25-42-44-34(29)15-9-16-35(44)33-14-5-8-19-41(33)46-42/h1-27,30H. The summed E-state index contributed by atoms with van der Waals surface area (Å²) in [4.78, 5) is 0. The zero-order chi connectivity index (χ0) is 30.0. The Morgan fingerprint density at radius 2 is 1.22 bits per heavy atom. The van der Waals surface area contributed by atoms with Crippen molar-refractivity contribution < 1.29 is 4.74 Å². The van der Waals surface area contributed by atoms with Gasteiger partial charge in [-0.3, -0.25) is 0 Å². The smallest absolute Gasteiger partial charge is 0.135 e. The molecule has 4 aliphatic carbocycles. The van der Waals surface area contributed by atoms with Crippen molar-refractivity contribution in [3.05, 3.63) is 186 Å². The molecule has 6 aromatic carbocycles. The predicted molar refractivity (Wildman–Crippen MR) is 188 cm³/mol. The van der Waals surface area contributed by atoms with Gasteiger partial charge in [-0.1, -0.05) is 140 Å². The highest BCUT2D eigenvalue weighted by atomic mass is 16.5. The molecular formula is C45H28O. The van der Waals surface area contributed by atoms with Crippen LogP contribution >= 0.6 is 0 Å². The van der Waals surface area contributed by atoms with Crippen LogP contribution in [0.4, 0.5) is 0 Å². The second kappa shape index (κ2) is 8.74. The SMILES string of the molecule is C1=CC2C=CC3=C(c4ccc(-c5ccc6c7c(cccc57)-c5ccccc5O6)cc4C34c3ccccc3-c3ccccc34)C2C=C1. The molecule has 1 spiro atoms. The van der Waals surface area contributed by atoms with E-state index in [0.29, 0.717) is 11.8 Å². The number of rotatable bonds is 1. The first kappa shape index (κ1) is 24.6. The number of allylic oxidation sites excluding steroid dienone is 8. The lowest BCUT2D eigenvalue weighted by molar-refractivity contribution is 0.487. The van der Waals surface area contributed by atoms with E-state index >= 15 is 0 Å². The Morgan fingerprint density at radius 3 is 2.07 bits per heavy atom. The lowest BCUT2D eigenvalue weighted by Crippen LogP contribution is -2.28. The summed E-state index contributed by atoms with van der Waals surface area (Å²) in [6, 6.07) is 44.9. The van der Waals surface area contributed by atoms with Crippen molar-refractivity contribution in [1.82, 2.24) is 0 Å². The van der Waals surface area contributed by atoms with Crippen LogP contribution in [0.3, 0.4) is 0 Å². The number of hydrogen-bond donors (Lipinski definition) is 0. The lowest BCUT2D eigenvalue weighted by atomic mass is 9.67. The molecule has 5 aliphatic rings. The van der Waals surface area contributed by atoms with Gasteiger partial charge in [-0.25, -0.2) is 0 Å². The summed E-state index contributed by atoms with van der Waals surface area (Å²) in [6.07, 6.45) is 14.1. The molecule has 1 heteroatoms. The first-order valence-corrected chi connectivity index (χ1v) is 16.3. The summed E-state index contributed by atoms with van der Waals surface area (Å²) in [5, 5.41) is 2.41. The van der Waals surface area contributed by atoms with Gasteiger partial charge < -0.3 is 4.74 Å². The fourth-order valence-corrected chi connectivity index (χ4v) is 9.27. The highest BCUT2D eigenvalue weighted by Crippen LogP contribution is 2.65. The Morgan fingerprint density at radius 1 is 0.500 bits per heavy atom. The van der Waals surface area contributed by atoms with E-state index in [1.165, 1.54) is 72.0 Å². The van der Waals surface area contributed by atoms with Gasteiger partial charge in [0.15, 0.2) is 0 Å². The maximum absolute atomic E-state index is 6.46. The summed E-state index contributed by atoms with van der Waals surface area (Å²) < 4.78 is 6.46. The monoisotopic (exact) mass is 584 g/mol. The minimum Gasteiger partial charge on any atom is -0.456 e. The summed E-state index contributed by atoms with van der Waals surface area (Å²) in [5.41, 5.74) is 15.6. The van der Waals surface area contributed by atoms with E-state index in [9.17, 15) is 0 Å². The van der Waals surface area contributed by atoms with E-state index in [2.05, 4.69) is 152 Å². The van der Waals surface area contributed by atoms with Gasteiger partial charge in [0.1, 0.15) is 11.5 Å². The van der Waals surface area contributed by atoms with Crippen LogP contribution in [0.2, 0.25) is 0 Å². The molecule has 2 unspecified atom stereocenters. The zero-order valence-electron chi connectivity index (χ0n) is 25.1. The van der Waals surface area contributed by atoms with Gasteiger partial charge in [0.25, 0.3) is 0 Å². The molecule has 0 fully saturated rings. The van der Waals surface area contributed by atoms with E-state index in [0.717, 1.165) is 17.1 Å². The van der Waals surface area contributed by atoms with Crippen LogP contribution in [0.15, 0.2) is 163 Å². The highest BCUT2D eigenvalue weighted by molar-refractivity contribution is 6.10. The van der Waals surface area contributed by atoms with Crippen LogP contribution in [0.25, 0.3) is 49.7 Å². The molecule has 1 heterocycles. The minimum atomic E-state index is -0.362. The van der Waals surface area contributed by atoms with Gasteiger partial charge in [-0.15, -0.1) is 0 Å². The molecule has 0 amide bonds. The fourth-order valence-electron chi connectivity index (χ4n) is 9.27. The Hall–Kier alpha value is -5.66.